The second-order valence-electron chi connectivity index (χ2n) is 3.14. The molecule has 0 atom stereocenters. The van der Waals surface area contributed by atoms with E-state index < -0.39 is 5.82 Å². The molecule has 2 aromatic carbocycles. The van der Waals surface area contributed by atoms with E-state index in [4.69, 9.17) is 11.6 Å². The lowest BCUT2D eigenvalue weighted by atomic mass is 10.0. The minimum absolute atomic E-state index is 0.108. The fourth-order valence-electron chi connectivity index (χ4n) is 1.41. The maximum atomic E-state index is 12.8. The number of hydrogen-bond acceptors (Lipinski definition) is 1. The first-order valence-corrected chi connectivity index (χ1v) is 4.79. The van der Waals surface area contributed by atoms with E-state index in [1.165, 1.54) is 12.1 Å². The number of aromatic hydroxyl groups is 1. The number of halogens is 2. The summed E-state index contributed by atoms with van der Waals surface area (Å²) >= 11 is 5.97. The molecule has 2 aromatic rings. The van der Waals surface area contributed by atoms with Gasteiger partial charge in [-0.05, 0) is 18.2 Å². The molecule has 0 aliphatic heterocycles. The van der Waals surface area contributed by atoms with Crippen molar-refractivity contribution in [2.24, 2.45) is 0 Å². The SMILES string of the molecule is Oc1cc(F)ccc1-c1ccccc1Cl. The van der Waals surface area contributed by atoms with E-state index in [0.717, 1.165) is 6.07 Å². The van der Waals surface area contributed by atoms with E-state index in [2.05, 4.69) is 0 Å². The largest absolute Gasteiger partial charge is 0.507 e. The summed E-state index contributed by atoms with van der Waals surface area (Å²) in [6, 6.07) is 11.0. The summed E-state index contributed by atoms with van der Waals surface area (Å²) in [7, 11) is 0. The molecule has 76 valence electrons. The van der Waals surface area contributed by atoms with E-state index in [-0.39, 0.29) is 5.75 Å². The molecule has 3 heteroatoms. The average molecular weight is 223 g/mol. The zero-order valence-corrected chi connectivity index (χ0v) is 8.50. The Labute approximate surface area is 91.8 Å². The number of phenolic OH excluding ortho intramolecular Hbond substituents is 1. The molecule has 0 radical (unpaired) electrons. The smallest absolute Gasteiger partial charge is 0.126 e. The highest BCUT2D eigenvalue weighted by Crippen LogP contribution is 2.34. The summed E-state index contributed by atoms with van der Waals surface area (Å²) < 4.78 is 12.8. The Morgan fingerprint density at radius 2 is 1.73 bits per heavy atom. The first kappa shape index (κ1) is 9.99. The number of benzene rings is 2. The maximum Gasteiger partial charge on any atom is 0.126 e. The van der Waals surface area contributed by atoms with Crippen molar-refractivity contribution in [2.75, 3.05) is 0 Å². The van der Waals surface area contributed by atoms with Gasteiger partial charge in [0.25, 0.3) is 0 Å². The summed E-state index contributed by atoms with van der Waals surface area (Å²) in [5.74, 6) is -0.577. The predicted molar refractivity (Wildman–Crippen MR) is 58.5 cm³/mol. The van der Waals surface area contributed by atoms with E-state index in [1.54, 1.807) is 18.2 Å². The highest BCUT2D eigenvalue weighted by Gasteiger charge is 2.07. The molecular weight excluding hydrogens is 215 g/mol. The zero-order valence-electron chi connectivity index (χ0n) is 7.74. The van der Waals surface area contributed by atoms with Crippen molar-refractivity contribution >= 4 is 11.6 Å². The number of phenols is 1. The van der Waals surface area contributed by atoms with Gasteiger partial charge in [0.15, 0.2) is 0 Å². The molecule has 1 nitrogen and oxygen atoms in total. The Morgan fingerprint density at radius 3 is 2.40 bits per heavy atom. The fraction of sp³-hybridized carbons (Fsp3) is 0. The van der Waals surface area contributed by atoms with Crippen LogP contribution in [-0.2, 0) is 0 Å². The average Bonchev–Trinajstić information content (AvgIpc) is 2.20. The van der Waals surface area contributed by atoms with Crippen LogP contribution in [-0.4, -0.2) is 5.11 Å². The van der Waals surface area contributed by atoms with Gasteiger partial charge in [0.05, 0.1) is 0 Å². The molecule has 0 aromatic heterocycles. The minimum atomic E-state index is -0.469. The van der Waals surface area contributed by atoms with Crippen molar-refractivity contribution in [1.82, 2.24) is 0 Å². The van der Waals surface area contributed by atoms with Crippen LogP contribution in [0.5, 0.6) is 5.75 Å². The zero-order chi connectivity index (χ0) is 10.8. The van der Waals surface area contributed by atoms with Crippen molar-refractivity contribution in [2.45, 2.75) is 0 Å². The monoisotopic (exact) mass is 222 g/mol. The lowest BCUT2D eigenvalue weighted by Crippen LogP contribution is -1.82. The van der Waals surface area contributed by atoms with Gasteiger partial charge in [-0.25, -0.2) is 4.39 Å². The van der Waals surface area contributed by atoms with Crippen molar-refractivity contribution in [1.29, 1.82) is 0 Å². The van der Waals surface area contributed by atoms with Gasteiger partial charge < -0.3 is 5.11 Å². The molecule has 0 saturated carbocycles. The van der Waals surface area contributed by atoms with Crippen LogP contribution < -0.4 is 0 Å². The first-order chi connectivity index (χ1) is 7.18. The van der Waals surface area contributed by atoms with Gasteiger partial charge in [-0.15, -0.1) is 0 Å². The quantitative estimate of drug-likeness (QED) is 0.777. The standard InChI is InChI=1S/C12H8ClFO/c13-11-4-2-1-3-9(11)10-6-5-8(14)7-12(10)15/h1-7,15H. The van der Waals surface area contributed by atoms with Gasteiger partial charge in [0.1, 0.15) is 11.6 Å². The fourth-order valence-corrected chi connectivity index (χ4v) is 1.65. The number of hydrogen-bond donors (Lipinski definition) is 1. The molecule has 0 unspecified atom stereocenters. The Hall–Kier alpha value is -1.54. The van der Waals surface area contributed by atoms with Gasteiger partial charge in [0, 0.05) is 22.2 Å². The van der Waals surface area contributed by atoms with Crippen molar-refractivity contribution in [3.05, 3.63) is 53.3 Å². The molecule has 0 bridgehead atoms. The minimum Gasteiger partial charge on any atom is -0.507 e. The van der Waals surface area contributed by atoms with Crippen molar-refractivity contribution < 1.29 is 9.50 Å². The van der Waals surface area contributed by atoms with Crippen LogP contribution in [0, 0.1) is 5.82 Å². The molecule has 0 saturated heterocycles. The predicted octanol–water partition coefficient (Wildman–Crippen LogP) is 3.85. The molecule has 0 heterocycles. The molecule has 0 aliphatic rings. The van der Waals surface area contributed by atoms with Gasteiger partial charge in [-0.1, -0.05) is 29.8 Å². The summed E-state index contributed by atoms with van der Waals surface area (Å²) in [4.78, 5) is 0. The van der Waals surface area contributed by atoms with Crippen LogP contribution in [0.25, 0.3) is 11.1 Å². The second kappa shape index (κ2) is 3.91. The summed E-state index contributed by atoms with van der Waals surface area (Å²) in [6.07, 6.45) is 0. The normalized spacial score (nSPS) is 10.3. The van der Waals surface area contributed by atoms with E-state index in [0.29, 0.717) is 16.1 Å². The highest BCUT2D eigenvalue weighted by molar-refractivity contribution is 6.33. The van der Waals surface area contributed by atoms with Crippen LogP contribution in [0.15, 0.2) is 42.5 Å². The third-order valence-corrected chi connectivity index (χ3v) is 2.45. The van der Waals surface area contributed by atoms with Crippen LogP contribution in [0.2, 0.25) is 5.02 Å². The lowest BCUT2D eigenvalue weighted by molar-refractivity contribution is 0.471. The summed E-state index contributed by atoms with van der Waals surface area (Å²) in [5, 5.41) is 10.1. The molecule has 15 heavy (non-hydrogen) atoms. The van der Waals surface area contributed by atoms with Crippen LogP contribution in [0.3, 0.4) is 0 Å². The van der Waals surface area contributed by atoms with Crippen molar-refractivity contribution in [3.8, 4) is 16.9 Å². The third kappa shape index (κ3) is 1.95. The van der Waals surface area contributed by atoms with Crippen LogP contribution >= 0.6 is 11.6 Å². The Kier molecular flexibility index (Phi) is 2.60. The van der Waals surface area contributed by atoms with Gasteiger partial charge >= 0.3 is 0 Å². The molecule has 0 fully saturated rings. The number of rotatable bonds is 1. The van der Waals surface area contributed by atoms with E-state index >= 15 is 0 Å². The first-order valence-electron chi connectivity index (χ1n) is 4.42. The Morgan fingerprint density at radius 1 is 1.00 bits per heavy atom. The molecule has 0 amide bonds. The Bertz CT molecular complexity index is 497. The Balaban J connectivity index is 2.60. The van der Waals surface area contributed by atoms with Crippen molar-refractivity contribution in [3.63, 3.8) is 0 Å². The highest BCUT2D eigenvalue weighted by atomic mass is 35.5. The van der Waals surface area contributed by atoms with Gasteiger partial charge in [0.2, 0.25) is 0 Å². The third-order valence-electron chi connectivity index (χ3n) is 2.12. The molecule has 0 spiro atoms. The molecule has 1 N–H and O–H groups in total. The van der Waals surface area contributed by atoms with Crippen LogP contribution in [0.4, 0.5) is 4.39 Å². The molecule has 0 aliphatic carbocycles. The summed E-state index contributed by atoms with van der Waals surface area (Å²) in [5.41, 5.74) is 1.22. The topological polar surface area (TPSA) is 20.2 Å². The van der Waals surface area contributed by atoms with E-state index in [9.17, 15) is 9.50 Å². The van der Waals surface area contributed by atoms with Gasteiger partial charge in [-0.2, -0.15) is 0 Å². The molecule has 2 rings (SSSR count). The van der Waals surface area contributed by atoms with Gasteiger partial charge in [-0.3, -0.25) is 0 Å². The molecular formula is C12H8ClFO. The lowest BCUT2D eigenvalue weighted by Gasteiger charge is -2.06. The van der Waals surface area contributed by atoms with Crippen LogP contribution in [0.1, 0.15) is 0 Å². The second-order valence-corrected chi connectivity index (χ2v) is 3.55. The maximum absolute atomic E-state index is 12.8. The van der Waals surface area contributed by atoms with E-state index in [1.807, 2.05) is 6.07 Å². The summed E-state index contributed by atoms with van der Waals surface area (Å²) in [6.45, 7) is 0.